The van der Waals surface area contributed by atoms with Gasteiger partial charge in [0.2, 0.25) is 0 Å². The third-order valence-corrected chi connectivity index (χ3v) is 3.07. The van der Waals surface area contributed by atoms with Crippen LogP contribution >= 0.6 is 0 Å². The number of pyridine rings is 1. The summed E-state index contributed by atoms with van der Waals surface area (Å²) in [4.78, 5) is 12.2. The molecule has 0 radical (unpaired) electrons. The van der Waals surface area contributed by atoms with Crippen LogP contribution in [0, 0.1) is 0 Å². The summed E-state index contributed by atoms with van der Waals surface area (Å²) in [6.45, 7) is 4.11. The fourth-order valence-electron chi connectivity index (χ4n) is 1.86. The Morgan fingerprint density at radius 2 is 2.06 bits per heavy atom. The van der Waals surface area contributed by atoms with E-state index in [-0.39, 0.29) is 11.6 Å². The van der Waals surface area contributed by atoms with Crippen molar-refractivity contribution in [3.63, 3.8) is 0 Å². The fraction of sp³-hybridized carbons (Fsp3) is 0.308. The van der Waals surface area contributed by atoms with Gasteiger partial charge >= 0.3 is 0 Å². The lowest BCUT2D eigenvalue weighted by atomic mass is 10.1. The van der Waals surface area contributed by atoms with E-state index in [1.165, 1.54) is 0 Å². The first-order valence-corrected chi connectivity index (χ1v) is 5.54. The molecule has 0 bridgehead atoms. The number of fused-ring (bicyclic) bond motifs is 1. The van der Waals surface area contributed by atoms with E-state index in [1.807, 2.05) is 37.4 Å². The van der Waals surface area contributed by atoms with E-state index in [4.69, 9.17) is 5.73 Å². The van der Waals surface area contributed by atoms with Gasteiger partial charge in [-0.25, -0.2) is 0 Å². The summed E-state index contributed by atoms with van der Waals surface area (Å²) in [5.74, 6) is 0. The van der Waals surface area contributed by atoms with E-state index < -0.39 is 0 Å². The highest BCUT2D eigenvalue weighted by atomic mass is 16.1. The number of hydrogen-bond donors (Lipinski definition) is 1. The summed E-state index contributed by atoms with van der Waals surface area (Å²) >= 11 is 0. The zero-order chi connectivity index (χ0) is 11.7. The van der Waals surface area contributed by atoms with Gasteiger partial charge in [0.05, 0.1) is 0 Å². The van der Waals surface area contributed by atoms with Gasteiger partial charge in [0.25, 0.3) is 5.56 Å². The molecule has 0 aliphatic rings. The first-order valence-electron chi connectivity index (χ1n) is 5.54. The molecule has 2 rings (SSSR count). The second-order valence-electron chi connectivity index (χ2n) is 4.09. The fourth-order valence-corrected chi connectivity index (χ4v) is 1.86. The SMILES string of the molecule is CC[C@@H](C)n1ccc2c(N)cccc2c1=O. The first kappa shape index (κ1) is 10.7. The van der Waals surface area contributed by atoms with E-state index in [2.05, 4.69) is 6.92 Å². The molecule has 0 saturated carbocycles. The Hall–Kier alpha value is -1.77. The van der Waals surface area contributed by atoms with E-state index in [0.29, 0.717) is 11.1 Å². The molecule has 1 heterocycles. The zero-order valence-corrected chi connectivity index (χ0v) is 9.60. The number of anilines is 1. The lowest BCUT2D eigenvalue weighted by Crippen LogP contribution is -2.22. The number of aromatic nitrogens is 1. The summed E-state index contributed by atoms with van der Waals surface area (Å²) in [6.07, 6.45) is 2.77. The summed E-state index contributed by atoms with van der Waals surface area (Å²) in [7, 11) is 0. The van der Waals surface area contributed by atoms with Crippen molar-refractivity contribution in [1.29, 1.82) is 0 Å². The van der Waals surface area contributed by atoms with Gasteiger partial charge in [-0.2, -0.15) is 0 Å². The molecule has 1 aromatic heterocycles. The topological polar surface area (TPSA) is 48.0 Å². The van der Waals surface area contributed by atoms with E-state index in [0.717, 1.165) is 11.8 Å². The molecular formula is C13H16N2O. The first-order chi connectivity index (χ1) is 7.65. The lowest BCUT2D eigenvalue weighted by Gasteiger charge is -2.13. The minimum atomic E-state index is 0.0409. The van der Waals surface area contributed by atoms with Gasteiger partial charge in [0, 0.05) is 28.7 Å². The van der Waals surface area contributed by atoms with Crippen LogP contribution in [-0.4, -0.2) is 4.57 Å². The van der Waals surface area contributed by atoms with Gasteiger partial charge in [0.1, 0.15) is 0 Å². The van der Waals surface area contributed by atoms with Gasteiger partial charge < -0.3 is 10.3 Å². The third-order valence-electron chi connectivity index (χ3n) is 3.07. The van der Waals surface area contributed by atoms with Crippen molar-refractivity contribution in [2.24, 2.45) is 0 Å². The zero-order valence-electron chi connectivity index (χ0n) is 9.60. The monoisotopic (exact) mass is 216 g/mol. The maximum absolute atomic E-state index is 12.2. The summed E-state index contributed by atoms with van der Waals surface area (Å²) in [5.41, 5.74) is 6.53. The van der Waals surface area contributed by atoms with Crippen LogP contribution in [0.4, 0.5) is 5.69 Å². The highest BCUT2D eigenvalue weighted by Crippen LogP contribution is 2.18. The molecule has 84 valence electrons. The van der Waals surface area contributed by atoms with Crippen LogP contribution in [0.1, 0.15) is 26.3 Å². The molecule has 0 spiro atoms. The van der Waals surface area contributed by atoms with E-state index in [1.54, 1.807) is 4.57 Å². The Morgan fingerprint density at radius 3 is 2.75 bits per heavy atom. The standard InChI is InChI=1S/C13H16N2O/c1-3-9(2)15-8-7-10-11(13(15)16)5-4-6-12(10)14/h4-9H,3,14H2,1-2H3/t9-/m1/s1. The predicted octanol–water partition coefficient (Wildman–Crippen LogP) is 2.55. The summed E-state index contributed by atoms with van der Waals surface area (Å²) in [5, 5.41) is 1.54. The highest BCUT2D eigenvalue weighted by Gasteiger charge is 2.08. The number of nitrogens with zero attached hydrogens (tertiary/aromatic N) is 1. The largest absolute Gasteiger partial charge is 0.398 e. The Morgan fingerprint density at radius 1 is 1.31 bits per heavy atom. The molecule has 16 heavy (non-hydrogen) atoms. The lowest BCUT2D eigenvalue weighted by molar-refractivity contribution is 0.517. The molecule has 0 fully saturated rings. The van der Waals surface area contributed by atoms with Gasteiger partial charge in [-0.3, -0.25) is 4.79 Å². The number of hydrogen-bond acceptors (Lipinski definition) is 2. The minimum Gasteiger partial charge on any atom is -0.398 e. The van der Waals surface area contributed by atoms with Crippen molar-refractivity contribution in [1.82, 2.24) is 4.57 Å². The number of benzene rings is 1. The molecular weight excluding hydrogens is 200 g/mol. The molecule has 0 saturated heterocycles. The molecule has 1 aromatic carbocycles. The van der Waals surface area contributed by atoms with Crippen LogP contribution in [0.15, 0.2) is 35.3 Å². The van der Waals surface area contributed by atoms with Crippen molar-refractivity contribution >= 4 is 16.5 Å². The number of nitrogen functional groups attached to an aromatic ring is 1. The van der Waals surface area contributed by atoms with Crippen molar-refractivity contribution in [2.45, 2.75) is 26.3 Å². The van der Waals surface area contributed by atoms with E-state index >= 15 is 0 Å². The quantitative estimate of drug-likeness (QED) is 0.784. The van der Waals surface area contributed by atoms with Crippen molar-refractivity contribution in [3.8, 4) is 0 Å². The van der Waals surface area contributed by atoms with Gasteiger partial charge in [-0.15, -0.1) is 0 Å². The highest BCUT2D eigenvalue weighted by molar-refractivity contribution is 5.91. The maximum Gasteiger partial charge on any atom is 0.258 e. The van der Waals surface area contributed by atoms with Gasteiger partial charge in [-0.1, -0.05) is 13.0 Å². The van der Waals surface area contributed by atoms with Gasteiger partial charge in [0.15, 0.2) is 0 Å². The number of nitrogens with two attached hydrogens (primary N) is 1. The average Bonchev–Trinajstić information content (AvgIpc) is 2.30. The summed E-state index contributed by atoms with van der Waals surface area (Å²) in [6, 6.07) is 7.60. The maximum atomic E-state index is 12.2. The van der Waals surface area contributed by atoms with Crippen molar-refractivity contribution in [2.75, 3.05) is 5.73 Å². The Balaban J connectivity index is 2.76. The Kier molecular flexibility index (Phi) is 2.69. The van der Waals surface area contributed by atoms with Crippen LogP contribution in [-0.2, 0) is 0 Å². The molecule has 0 aliphatic heterocycles. The average molecular weight is 216 g/mol. The van der Waals surface area contributed by atoms with Crippen LogP contribution in [0.25, 0.3) is 10.8 Å². The van der Waals surface area contributed by atoms with Crippen molar-refractivity contribution < 1.29 is 0 Å². The van der Waals surface area contributed by atoms with Crippen LogP contribution < -0.4 is 11.3 Å². The normalized spacial score (nSPS) is 12.9. The second kappa shape index (κ2) is 4.00. The molecule has 2 aromatic rings. The third kappa shape index (κ3) is 1.58. The molecule has 2 N–H and O–H groups in total. The van der Waals surface area contributed by atoms with Crippen molar-refractivity contribution in [3.05, 3.63) is 40.8 Å². The van der Waals surface area contributed by atoms with Crippen LogP contribution in [0.2, 0.25) is 0 Å². The van der Waals surface area contributed by atoms with Gasteiger partial charge in [-0.05, 0) is 31.5 Å². The Bertz CT molecular complexity index is 572. The van der Waals surface area contributed by atoms with E-state index in [9.17, 15) is 4.79 Å². The molecule has 3 heteroatoms. The Labute approximate surface area is 94.5 Å². The molecule has 0 unspecified atom stereocenters. The van der Waals surface area contributed by atoms with Crippen LogP contribution in [0.5, 0.6) is 0 Å². The predicted molar refractivity (Wildman–Crippen MR) is 67.6 cm³/mol. The van der Waals surface area contributed by atoms with Crippen LogP contribution in [0.3, 0.4) is 0 Å². The minimum absolute atomic E-state index is 0.0409. The number of rotatable bonds is 2. The summed E-state index contributed by atoms with van der Waals surface area (Å²) < 4.78 is 1.77. The molecule has 1 atom stereocenters. The second-order valence-corrected chi connectivity index (χ2v) is 4.09. The molecule has 0 amide bonds. The smallest absolute Gasteiger partial charge is 0.258 e. The molecule has 0 aliphatic carbocycles. The molecule has 3 nitrogen and oxygen atoms in total.